The molecule has 2 heterocycles. The van der Waals surface area contributed by atoms with Crippen molar-refractivity contribution in [3.05, 3.63) is 105 Å². The second-order valence-corrected chi connectivity index (χ2v) is 7.64. The monoisotopic (exact) mass is 422 g/mol. The van der Waals surface area contributed by atoms with Crippen molar-refractivity contribution >= 4 is 0 Å². The summed E-state index contributed by atoms with van der Waals surface area (Å²) >= 11 is 0. The summed E-state index contributed by atoms with van der Waals surface area (Å²) in [5, 5.41) is 0. The van der Waals surface area contributed by atoms with Gasteiger partial charge in [0, 0.05) is 18.2 Å². The Morgan fingerprint density at radius 3 is 2.03 bits per heavy atom. The molecular weight excluding hydrogens is 396 g/mol. The molecule has 1 N–H and O–H groups in total. The number of benzene rings is 2. The van der Waals surface area contributed by atoms with Gasteiger partial charge in [-0.1, -0.05) is 60.7 Å². The summed E-state index contributed by atoms with van der Waals surface area (Å²) in [6.07, 6.45) is 1.19. The van der Waals surface area contributed by atoms with Crippen LogP contribution in [0.2, 0.25) is 0 Å². The number of hydrogen-bond acceptors (Lipinski definition) is 5. The number of hydrogen-bond donors (Lipinski definition) is 1. The van der Waals surface area contributed by atoms with E-state index in [0.29, 0.717) is 33.0 Å². The highest BCUT2D eigenvalue weighted by atomic mass is 16.6. The summed E-state index contributed by atoms with van der Waals surface area (Å²) in [4.78, 5) is 25.6. The Morgan fingerprint density at radius 2 is 1.42 bits per heavy atom. The van der Waals surface area contributed by atoms with Gasteiger partial charge in [0.25, 0.3) is 5.56 Å². The molecule has 162 valence electrons. The van der Waals surface area contributed by atoms with Crippen molar-refractivity contribution in [2.45, 2.75) is 32.0 Å². The van der Waals surface area contributed by atoms with Crippen LogP contribution < -0.4 is 11.2 Å². The predicted octanol–water partition coefficient (Wildman–Crippen LogP) is 2.35. The molecule has 2 aromatic carbocycles. The summed E-state index contributed by atoms with van der Waals surface area (Å²) in [6, 6.07) is 21.3. The second-order valence-electron chi connectivity index (χ2n) is 7.64. The lowest BCUT2D eigenvalue weighted by atomic mass is 9.90. The van der Waals surface area contributed by atoms with Gasteiger partial charge in [-0.15, -0.1) is 0 Å². The average Bonchev–Trinajstić information content (AvgIpc) is 2.78. The summed E-state index contributed by atoms with van der Waals surface area (Å²) in [7, 11) is 0. The van der Waals surface area contributed by atoms with Crippen LogP contribution in [0.5, 0.6) is 0 Å². The second kappa shape index (κ2) is 10.3. The van der Waals surface area contributed by atoms with Gasteiger partial charge in [0.2, 0.25) is 0 Å². The third-order valence-electron chi connectivity index (χ3n) is 5.39. The fourth-order valence-corrected chi connectivity index (χ4v) is 3.67. The Morgan fingerprint density at radius 1 is 0.806 bits per heavy atom. The van der Waals surface area contributed by atoms with Crippen molar-refractivity contribution in [1.29, 1.82) is 0 Å². The Kier molecular flexibility index (Phi) is 7.09. The molecule has 0 unspecified atom stereocenters. The van der Waals surface area contributed by atoms with E-state index in [4.69, 9.17) is 14.2 Å². The standard InChI is InChI=1S/C24H26N2O5/c27-23-11-12-26(24(28)25-23)13-21-20(16-29-14-18-7-3-1-4-8-18)22(31-21)17-30-15-19-9-5-2-6-10-19/h1-12,20-22H,13-17H2,(H,25,27,28)/t20-,21-,22+/m0/s1. The van der Waals surface area contributed by atoms with Gasteiger partial charge in [0.1, 0.15) is 0 Å². The minimum Gasteiger partial charge on any atom is -0.376 e. The molecule has 0 aliphatic carbocycles. The largest absolute Gasteiger partial charge is 0.376 e. The van der Waals surface area contributed by atoms with E-state index in [1.807, 2.05) is 60.7 Å². The van der Waals surface area contributed by atoms with Crippen LogP contribution in [-0.2, 0) is 34.0 Å². The first-order valence-corrected chi connectivity index (χ1v) is 10.4. The molecule has 3 aromatic rings. The van der Waals surface area contributed by atoms with Gasteiger partial charge in [0.15, 0.2) is 0 Å². The Bertz CT molecular complexity index is 1060. The third kappa shape index (κ3) is 5.79. The highest BCUT2D eigenvalue weighted by molar-refractivity contribution is 5.14. The molecule has 0 radical (unpaired) electrons. The maximum Gasteiger partial charge on any atom is 0.328 e. The smallest absolute Gasteiger partial charge is 0.328 e. The fraction of sp³-hybridized carbons (Fsp3) is 0.333. The lowest BCUT2D eigenvalue weighted by Crippen LogP contribution is -2.55. The van der Waals surface area contributed by atoms with Gasteiger partial charge in [-0.25, -0.2) is 4.79 Å². The van der Waals surface area contributed by atoms with Gasteiger partial charge < -0.3 is 14.2 Å². The van der Waals surface area contributed by atoms with Crippen LogP contribution >= 0.6 is 0 Å². The summed E-state index contributed by atoms with van der Waals surface area (Å²) in [6.45, 7) is 2.33. The highest BCUT2D eigenvalue weighted by Gasteiger charge is 2.42. The zero-order valence-electron chi connectivity index (χ0n) is 17.2. The minimum absolute atomic E-state index is 0.0818. The van der Waals surface area contributed by atoms with Crippen molar-refractivity contribution in [3.8, 4) is 0 Å². The first-order chi connectivity index (χ1) is 15.2. The molecule has 0 spiro atoms. The number of aromatic nitrogens is 2. The molecular formula is C24H26N2O5. The van der Waals surface area contributed by atoms with E-state index in [1.54, 1.807) is 0 Å². The van der Waals surface area contributed by atoms with Crippen LogP contribution in [0.1, 0.15) is 11.1 Å². The van der Waals surface area contributed by atoms with E-state index in [0.717, 1.165) is 11.1 Å². The van der Waals surface area contributed by atoms with Crippen LogP contribution in [0.4, 0.5) is 0 Å². The Balaban J connectivity index is 1.34. The fourth-order valence-electron chi connectivity index (χ4n) is 3.67. The van der Waals surface area contributed by atoms with Gasteiger partial charge in [0.05, 0.1) is 45.2 Å². The van der Waals surface area contributed by atoms with Crippen LogP contribution in [0, 0.1) is 5.92 Å². The van der Waals surface area contributed by atoms with Crippen molar-refractivity contribution in [2.24, 2.45) is 5.92 Å². The molecule has 1 aliphatic rings. The topological polar surface area (TPSA) is 82.5 Å². The lowest BCUT2D eigenvalue weighted by Gasteiger charge is -2.44. The summed E-state index contributed by atoms with van der Waals surface area (Å²) < 4.78 is 19.3. The zero-order chi connectivity index (χ0) is 21.5. The van der Waals surface area contributed by atoms with Gasteiger partial charge in [-0.2, -0.15) is 0 Å². The molecule has 1 fully saturated rings. The first-order valence-electron chi connectivity index (χ1n) is 10.4. The van der Waals surface area contributed by atoms with Crippen molar-refractivity contribution in [1.82, 2.24) is 9.55 Å². The predicted molar refractivity (Wildman–Crippen MR) is 116 cm³/mol. The van der Waals surface area contributed by atoms with E-state index in [-0.39, 0.29) is 18.1 Å². The van der Waals surface area contributed by atoms with Crippen molar-refractivity contribution in [3.63, 3.8) is 0 Å². The molecule has 7 heteroatoms. The average molecular weight is 422 g/mol. The summed E-state index contributed by atoms with van der Waals surface area (Å²) in [5.74, 6) is 0.0818. The number of nitrogens with zero attached hydrogens (tertiary/aromatic N) is 1. The van der Waals surface area contributed by atoms with Crippen LogP contribution in [0.3, 0.4) is 0 Å². The van der Waals surface area contributed by atoms with Gasteiger partial charge in [-0.05, 0) is 11.1 Å². The van der Waals surface area contributed by atoms with E-state index in [1.165, 1.54) is 16.8 Å². The Hall–Kier alpha value is -3.00. The molecule has 0 amide bonds. The van der Waals surface area contributed by atoms with Crippen molar-refractivity contribution in [2.75, 3.05) is 13.2 Å². The molecule has 1 aromatic heterocycles. The minimum atomic E-state index is -0.441. The van der Waals surface area contributed by atoms with E-state index in [2.05, 4.69) is 4.98 Å². The SMILES string of the molecule is O=c1ccn(C[C@@H]2O[C@H](COCc3ccccc3)[C@H]2COCc2ccccc2)c(=O)[nH]1. The number of aromatic amines is 1. The highest BCUT2D eigenvalue weighted by Crippen LogP contribution is 2.31. The number of ether oxygens (including phenoxy) is 3. The molecule has 1 aliphatic heterocycles. The Labute approximate surface area is 180 Å². The number of nitrogens with one attached hydrogen (secondary N) is 1. The lowest BCUT2D eigenvalue weighted by molar-refractivity contribution is -0.226. The molecule has 4 rings (SSSR count). The number of H-pyrrole nitrogens is 1. The van der Waals surface area contributed by atoms with Crippen LogP contribution in [0.15, 0.2) is 82.5 Å². The zero-order valence-corrected chi connectivity index (χ0v) is 17.2. The number of rotatable bonds is 10. The quantitative estimate of drug-likeness (QED) is 0.542. The van der Waals surface area contributed by atoms with Crippen LogP contribution in [0.25, 0.3) is 0 Å². The van der Waals surface area contributed by atoms with Crippen molar-refractivity contribution < 1.29 is 14.2 Å². The van der Waals surface area contributed by atoms with Gasteiger partial charge >= 0.3 is 5.69 Å². The van der Waals surface area contributed by atoms with Gasteiger partial charge in [-0.3, -0.25) is 14.3 Å². The molecule has 0 saturated carbocycles. The molecule has 0 bridgehead atoms. The molecule has 7 nitrogen and oxygen atoms in total. The molecule has 1 saturated heterocycles. The van der Waals surface area contributed by atoms with E-state index < -0.39 is 11.2 Å². The molecule has 3 atom stereocenters. The maximum atomic E-state index is 12.0. The normalized spacial score (nSPS) is 20.3. The first kappa shape index (κ1) is 21.2. The van der Waals surface area contributed by atoms with E-state index >= 15 is 0 Å². The third-order valence-corrected chi connectivity index (χ3v) is 5.39. The van der Waals surface area contributed by atoms with E-state index in [9.17, 15) is 9.59 Å². The molecule has 31 heavy (non-hydrogen) atoms. The summed E-state index contributed by atoms with van der Waals surface area (Å²) in [5.41, 5.74) is 1.36. The maximum absolute atomic E-state index is 12.0. The van der Waals surface area contributed by atoms with Crippen LogP contribution in [-0.4, -0.2) is 35.0 Å².